The zero-order chi connectivity index (χ0) is 17.1. The van der Waals surface area contributed by atoms with Crippen molar-refractivity contribution in [3.05, 3.63) is 51.7 Å². The van der Waals surface area contributed by atoms with E-state index in [1.165, 1.54) is 23.5 Å². The Morgan fingerprint density at radius 3 is 3.04 bits per heavy atom. The maximum absolute atomic E-state index is 13.3. The normalized spacial score (nSPS) is 18.2. The first-order chi connectivity index (χ1) is 11.5. The summed E-state index contributed by atoms with van der Waals surface area (Å²) in [4.78, 5) is 18.9. The average Bonchev–Trinajstić information content (AvgIpc) is 3.05. The first-order valence-corrected chi connectivity index (χ1v) is 9.01. The topological polar surface area (TPSA) is 42.4 Å². The average molecular weight is 348 g/mol. The van der Waals surface area contributed by atoms with Gasteiger partial charge in [-0.3, -0.25) is 4.79 Å². The molecule has 1 aromatic heterocycles. The van der Waals surface area contributed by atoms with E-state index in [4.69, 9.17) is 4.74 Å². The van der Waals surface area contributed by atoms with Crippen molar-refractivity contribution in [2.75, 3.05) is 19.7 Å². The van der Waals surface area contributed by atoms with Crippen LogP contribution in [-0.4, -0.2) is 41.6 Å². The molecule has 3 rings (SSSR count). The molecular formula is C18H21FN2O2S. The quantitative estimate of drug-likeness (QED) is 0.849. The summed E-state index contributed by atoms with van der Waals surface area (Å²) in [5.74, 6) is 0.0209. The summed E-state index contributed by atoms with van der Waals surface area (Å²) in [6, 6.07) is 6.51. The van der Waals surface area contributed by atoms with E-state index in [1.54, 1.807) is 11.0 Å². The fourth-order valence-electron chi connectivity index (χ4n) is 2.77. The zero-order valence-corrected chi connectivity index (χ0v) is 14.7. The molecule has 0 saturated carbocycles. The molecule has 2 aromatic rings. The Morgan fingerprint density at radius 1 is 1.50 bits per heavy atom. The van der Waals surface area contributed by atoms with Crippen molar-refractivity contribution in [2.24, 2.45) is 0 Å². The van der Waals surface area contributed by atoms with Crippen LogP contribution in [0.2, 0.25) is 0 Å². The molecular weight excluding hydrogens is 327 g/mol. The number of nitrogens with zero attached hydrogens (tertiary/aromatic N) is 2. The number of amides is 1. The van der Waals surface area contributed by atoms with E-state index < -0.39 is 0 Å². The van der Waals surface area contributed by atoms with Crippen molar-refractivity contribution in [1.29, 1.82) is 0 Å². The SMILES string of the molecule is CC(C)c1nc(C(=O)N2CCO[C@@H](Cc3cccc(F)c3)C2)cs1. The molecule has 0 unspecified atom stereocenters. The molecule has 1 atom stereocenters. The van der Waals surface area contributed by atoms with Gasteiger partial charge in [-0.15, -0.1) is 11.3 Å². The van der Waals surface area contributed by atoms with Gasteiger partial charge in [0.25, 0.3) is 5.91 Å². The third-order valence-corrected chi connectivity index (χ3v) is 5.16. The summed E-state index contributed by atoms with van der Waals surface area (Å²) < 4.78 is 19.0. The van der Waals surface area contributed by atoms with Gasteiger partial charge in [0.2, 0.25) is 0 Å². The van der Waals surface area contributed by atoms with Crippen LogP contribution in [0.5, 0.6) is 0 Å². The number of benzene rings is 1. The lowest BCUT2D eigenvalue weighted by atomic mass is 10.1. The molecule has 2 heterocycles. The van der Waals surface area contributed by atoms with Crippen LogP contribution in [0.25, 0.3) is 0 Å². The van der Waals surface area contributed by atoms with Crippen molar-refractivity contribution >= 4 is 17.2 Å². The maximum Gasteiger partial charge on any atom is 0.273 e. The first-order valence-electron chi connectivity index (χ1n) is 8.13. The second-order valence-corrected chi connectivity index (χ2v) is 7.19. The molecule has 0 aliphatic carbocycles. The molecule has 0 radical (unpaired) electrons. The number of hydrogen-bond donors (Lipinski definition) is 0. The summed E-state index contributed by atoms with van der Waals surface area (Å²) >= 11 is 1.52. The van der Waals surface area contributed by atoms with Gasteiger partial charge in [0.1, 0.15) is 11.5 Å². The molecule has 4 nitrogen and oxygen atoms in total. The largest absolute Gasteiger partial charge is 0.374 e. The Balaban J connectivity index is 1.65. The van der Waals surface area contributed by atoms with E-state index in [1.807, 2.05) is 11.4 Å². The van der Waals surface area contributed by atoms with Crippen LogP contribution >= 0.6 is 11.3 Å². The van der Waals surface area contributed by atoms with E-state index in [2.05, 4.69) is 18.8 Å². The van der Waals surface area contributed by atoms with Crippen molar-refractivity contribution in [2.45, 2.75) is 32.3 Å². The number of halogens is 1. The highest BCUT2D eigenvalue weighted by molar-refractivity contribution is 7.09. The summed E-state index contributed by atoms with van der Waals surface area (Å²) in [5.41, 5.74) is 1.39. The third-order valence-electron chi connectivity index (χ3n) is 4.01. The minimum atomic E-state index is -0.250. The van der Waals surface area contributed by atoms with Crippen LogP contribution in [0.4, 0.5) is 4.39 Å². The van der Waals surface area contributed by atoms with Gasteiger partial charge in [-0.05, 0) is 17.7 Å². The predicted molar refractivity (Wildman–Crippen MR) is 92.0 cm³/mol. The van der Waals surface area contributed by atoms with Crippen LogP contribution in [0.1, 0.15) is 40.8 Å². The molecule has 128 valence electrons. The van der Waals surface area contributed by atoms with Crippen LogP contribution < -0.4 is 0 Å². The Labute approximate surface area is 145 Å². The number of carbonyl (C=O) groups excluding carboxylic acids is 1. The predicted octanol–water partition coefficient (Wildman–Crippen LogP) is 3.49. The van der Waals surface area contributed by atoms with Crippen molar-refractivity contribution in [1.82, 2.24) is 9.88 Å². The summed E-state index contributed by atoms with van der Waals surface area (Å²) in [7, 11) is 0. The molecule has 0 N–H and O–H groups in total. The molecule has 0 bridgehead atoms. The van der Waals surface area contributed by atoms with Crippen LogP contribution in [0.15, 0.2) is 29.6 Å². The van der Waals surface area contributed by atoms with Crippen molar-refractivity contribution in [3.8, 4) is 0 Å². The van der Waals surface area contributed by atoms with Gasteiger partial charge in [-0.1, -0.05) is 26.0 Å². The molecule has 1 aliphatic rings. The Kier molecular flexibility index (Phi) is 5.26. The molecule has 1 fully saturated rings. The van der Waals surface area contributed by atoms with Gasteiger partial charge in [0.15, 0.2) is 0 Å². The second kappa shape index (κ2) is 7.40. The summed E-state index contributed by atoms with van der Waals surface area (Å²) in [5, 5.41) is 2.80. The minimum absolute atomic E-state index is 0.0503. The van der Waals surface area contributed by atoms with Gasteiger partial charge in [0.05, 0.1) is 17.7 Å². The van der Waals surface area contributed by atoms with Gasteiger partial charge in [0, 0.05) is 30.8 Å². The number of hydrogen-bond acceptors (Lipinski definition) is 4. The lowest BCUT2D eigenvalue weighted by Crippen LogP contribution is -2.46. The lowest BCUT2D eigenvalue weighted by molar-refractivity contribution is -0.0210. The van der Waals surface area contributed by atoms with E-state index in [0.717, 1.165) is 10.6 Å². The highest BCUT2D eigenvalue weighted by Gasteiger charge is 2.26. The fourth-order valence-corrected chi connectivity index (χ4v) is 3.58. The Morgan fingerprint density at radius 2 is 2.33 bits per heavy atom. The van der Waals surface area contributed by atoms with Crippen LogP contribution in [-0.2, 0) is 11.2 Å². The van der Waals surface area contributed by atoms with Crippen molar-refractivity contribution in [3.63, 3.8) is 0 Å². The summed E-state index contributed by atoms with van der Waals surface area (Å²) in [6.45, 7) is 5.69. The molecule has 0 spiro atoms. The fraction of sp³-hybridized carbons (Fsp3) is 0.444. The number of thiazole rings is 1. The minimum Gasteiger partial charge on any atom is -0.374 e. The molecule has 1 aliphatic heterocycles. The number of ether oxygens (including phenoxy) is 1. The van der Waals surface area contributed by atoms with E-state index in [-0.39, 0.29) is 17.8 Å². The van der Waals surface area contributed by atoms with Gasteiger partial charge < -0.3 is 9.64 Å². The molecule has 1 saturated heterocycles. The Hall–Kier alpha value is -1.79. The standard InChI is InChI=1S/C18H21FN2O2S/c1-12(2)17-20-16(11-24-17)18(22)21-6-7-23-15(10-21)9-13-4-3-5-14(19)8-13/h3-5,8,11-12,15H,6-7,9-10H2,1-2H3/t15-/m0/s1. The molecule has 6 heteroatoms. The lowest BCUT2D eigenvalue weighted by Gasteiger charge is -2.32. The second-order valence-electron chi connectivity index (χ2n) is 6.30. The zero-order valence-electron chi connectivity index (χ0n) is 13.9. The van der Waals surface area contributed by atoms with Crippen LogP contribution in [0.3, 0.4) is 0 Å². The van der Waals surface area contributed by atoms with E-state index in [0.29, 0.717) is 37.7 Å². The smallest absolute Gasteiger partial charge is 0.273 e. The highest BCUT2D eigenvalue weighted by atomic mass is 32.1. The third kappa shape index (κ3) is 3.99. The molecule has 1 aromatic carbocycles. The van der Waals surface area contributed by atoms with Gasteiger partial charge in [-0.25, -0.2) is 9.37 Å². The number of carbonyl (C=O) groups is 1. The molecule has 1 amide bonds. The Bertz CT molecular complexity index is 717. The van der Waals surface area contributed by atoms with E-state index >= 15 is 0 Å². The first kappa shape index (κ1) is 17.0. The van der Waals surface area contributed by atoms with Crippen molar-refractivity contribution < 1.29 is 13.9 Å². The number of aromatic nitrogens is 1. The van der Waals surface area contributed by atoms with Gasteiger partial charge in [-0.2, -0.15) is 0 Å². The monoisotopic (exact) mass is 348 g/mol. The number of morpholine rings is 1. The highest BCUT2D eigenvalue weighted by Crippen LogP contribution is 2.21. The summed E-state index contributed by atoms with van der Waals surface area (Å²) in [6.07, 6.45) is 0.475. The maximum atomic E-state index is 13.3. The molecule has 24 heavy (non-hydrogen) atoms. The number of rotatable bonds is 4. The van der Waals surface area contributed by atoms with Gasteiger partial charge >= 0.3 is 0 Å². The van der Waals surface area contributed by atoms with E-state index in [9.17, 15) is 9.18 Å². The van der Waals surface area contributed by atoms with Crippen LogP contribution in [0, 0.1) is 5.82 Å².